The van der Waals surface area contributed by atoms with Gasteiger partial charge in [-0.15, -0.1) is 23.5 Å². The zero-order valence-corrected chi connectivity index (χ0v) is 14.0. The molecule has 0 spiro atoms. The summed E-state index contributed by atoms with van der Waals surface area (Å²) >= 11 is 3.66. The fourth-order valence-electron chi connectivity index (χ4n) is 3.03. The third kappa shape index (κ3) is 3.10. The van der Waals surface area contributed by atoms with E-state index >= 15 is 0 Å². The maximum Gasteiger partial charge on any atom is 0.313 e. The highest BCUT2D eigenvalue weighted by Crippen LogP contribution is 2.47. The van der Waals surface area contributed by atoms with Crippen molar-refractivity contribution in [2.24, 2.45) is 5.92 Å². The van der Waals surface area contributed by atoms with E-state index in [1.807, 2.05) is 35.7 Å². The molecule has 3 nitrogen and oxygen atoms in total. The minimum Gasteiger partial charge on any atom is -0.469 e. The molecule has 0 saturated carbocycles. The average Bonchev–Trinajstić information content (AvgIpc) is 3.18. The molecule has 0 N–H and O–H groups in total. The number of methoxy groups -OCH3 is 1. The molecule has 0 radical (unpaired) electrons. The molecule has 1 heterocycles. The lowest BCUT2D eigenvalue weighted by Crippen LogP contribution is -2.30. The van der Waals surface area contributed by atoms with Gasteiger partial charge in [0.05, 0.1) is 11.7 Å². The topological polar surface area (TPSA) is 43.4 Å². The largest absolute Gasteiger partial charge is 0.469 e. The zero-order valence-electron chi connectivity index (χ0n) is 12.4. The van der Waals surface area contributed by atoms with Crippen LogP contribution in [0, 0.1) is 5.92 Å². The summed E-state index contributed by atoms with van der Waals surface area (Å²) in [5.41, 5.74) is 2.37. The van der Waals surface area contributed by atoms with Crippen LogP contribution >= 0.6 is 23.5 Å². The summed E-state index contributed by atoms with van der Waals surface area (Å²) in [5, 5.41) is 0. The number of benzene rings is 1. The quantitative estimate of drug-likeness (QED) is 0.610. The van der Waals surface area contributed by atoms with E-state index in [-0.39, 0.29) is 28.6 Å². The minimum atomic E-state index is -0.446. The molecule has 2 unspecified atom stereocenters. The van der Waals surface area contributed by atoms with Crippen LogP contribution < -0.4 is 0 Å². The molecular weight excluding hydrogens is 316 g/mol. The maximum atomic E-state index is 12.7. The Balaban J connectivity index is 1.88. The number of hydrogen-bond donors (Lipinski definition) is 0. The van der Waals surface area contributed by atoms with Crippen molar-refractivity contribution in [1.29, 1.82) is 0 Å². The molecule has 1 fully saturated rings. The maximum absolute atomic E-state index is 12.7. The molecule has 22 heavy (non-hydrogen) atoms. The average molecular weight is 334 g/mol. The first kappa shape index (κ1) is 15.7. The summed E-state index contributed by atoms with van der Waals surface area (Å²) in [4.78, 5) is 24.3. The van der Waals surface area contributed by atoms with Crippen LogP contribution in [0.1, 0.15) is 23.5 Å². The molecule has 1 aromatic rings. The molecule has 0 amide bonds. The molecule has 0 bridgehead atoms. The summed E-state index contributed by atoms with van der Waals surface area (Å²) in [6.07, 6.45) is 4.07. The first-order valence-corrected chi connectivity index (χ1v) is 9.40. The van der Waals surface area contributed by atoms with Gasteiger partial charge in [-0.2, -0.15) is 0 Å². The van der Waals surface area contributed by atoms with Crippen molar-refractivity contribution in [3.63, 3.8) is 0 Å². The molecule has 1 aromatic carbocycles. The van der Waals surface area contributed by atoms with Gasteiger partial charge in [-0.1, -0.05) is 36.4 Å². The van der Waals surface area contributed by atoms with Crippen LogP contribution in [-0.4, -0.2) is 35.0 Å². The Morgan fingerprint density at radius 1 is 1.27 bits per heavy atom. The number of allylic oxidation sites excluding steroid dienone is 1. The van der Waals surface area contributed by atoms with Crippen molar-refractivity contribution in [3.8, 4) is 0 Å². The van der Waals surface area contributed by atoms with Crippen LogP contribution in [0.4, 0.5) is 0 Å². The summed E-state index contributed by atoms with van der Waals surface area (Å²) < 4.78 is 4.89. The molecule has 2 atom stereocenters. The van der Waals surface area contributed by atoms with Crippen molar-refractivity contribution in [3.05, 3.63) is 41.5 Å². The number of ketones is 1. The van der Waals surface area contributed by atoms with E-state index in [1.54, 1.807) is 0 Å². The van der Waals surface area contributed by atoms with E-state index in [4.69, 9.17) is 0 Å². The minimum absolute atomic E-state index is 0.00916. The lowest BCUT2D eigenvalue weighted by Gasteiger charge is -2.26. The summed E-state index contributed by atoms with van der Waals surface area (Å²) in [5.74, 6) is 1.57. The molecule has 2 aliphatic rings. The van der Waals surface area contributed by atoms with E-state index in [2.05, 4.69) is 29.0 Å². The first-order chi connectivity index (χ1) is 10.7. The molecular formula is C17H18O3S2. The molecule has 0 aromatic heterocycles. The van der Waals surface area contributed by atoms with Crippen LogP contribution in [0.5, 0.6) is 0 Å². The monoisotopic (exact) mass is 334 g/mol. The van der Waals surface area contributed by atoms with E-state index in [0.29, 0.717) is 0 Å². The number of hydrogen-bond acceptors (Lipinski definition) is 5. The molecule has 5 heteroatoms. The Hall–Kier alpha value is -1.20. The van der Waals surface area contributed by atoms with Gasteiger partial charge in [0.15, 0.2) is 0 Å². The fraction of sp³-hybridized carbons (Fsp3) is 0.412. The number of esters is 1. The van der Waals surface area contributed by atoms with Crippen LogP contribution in [0.15, 0.2) is 30.3 Å². The fourth-order valence-corrected chi connectivity index (χ4v) is 6.28. The van der Waals surface area contributed by atoms with Crippen molar-refractivity contribution in [2.75, 3.05) is 18.6 Å². The van der Waals surface area contributed by atoms with Gasteiger partial charge in [-0.3, -0.25) is 9.59 Å². The van der Waals surface area contributed by atoms with Gasteiger partial charge >= 0.3 is 5.97 Å². The highest BCUT2D eigenvalue weighted by molar-refractivity contribution is 8.20. The van der Waals surface area contributed by atoms with Gasteiger partial charge in [0.25, 0.3) is 0 Å². The molecule has 116 valence electrons. The Bertz CT molecular complexity index is 606. The van der Waals surface area contributed by atoms with Gasteiger partial charge in [0.2, 0.25) is 0 Å². The summed E-state index contributed by atoms with van der Waals surface area (Å²) in [6, 6.07) is 8.18. The van der Waals surface area contributed by atoms with Gasteiger partial charge in [0, 0.05) is 23.3 Å². The Labute approximate surface area is 138 Å². The third-order valence-corrected chi connectivity index (χ3v) is 7.28. The third-order valence-electron chi connectivity index (χ3n) is 4.08. The number of rotatable bonds is 5. The van der Waals surface area contributed by atoms with Gasteiger partial charge in [-0.25, -0.2) is 0 Å². The van der Waals surface area contributed by atoms with Gasteiger partial charge < -0.3 is 4.74 Å². The van der Waals surface area contributed by atoms with Crippen molar-refractivity contribution in [1.82, 2.24) is 0 Å². The van der Waals surface area contributed by atoms with Crippen LogP contribution in [-0.2, 0) is 14.3 Å². The normalized spacial score (nSPS) is 21.6. The number of carbonyl (C=O) groups excluding carboxylic acids is 2. The summed E-state index contributed by atoms with van der Waals surface area (Å²) in [6.45, 7) is 0. The second-order valence-corrected chi connectivity index (χ2v) is 8.17. The lowest BCUT2D eigenvalue weighted by atomic mass is 9.85. The molecule has 1 saturated heterocycles. The summed E-state index contributed by atoms with van der Waals surface area (Å²) in [7, 11) is 1.33. The van der Waals surface area contributed by atoms with E-state index < -0.39 is 5.97 Å². The predicted octanol–water partition coefficient (Wildman–Crippen LogP) is 3.35. The Morgan fingerprint density at radius 2 is 2.00 bits per heavy atom. The lowest BCUT2D eigenvalue weighted by molar-refractivity contribution is -0.144. The van der Waals surface area contributed by atoms with Crippen molar-refractivity contribution in [2.45, 2.75) is 16.9 Å². The Kier molecular flexibility index (Phi) is 4.93. The molecule has 3 rings (SSSR count). The second kappa shape index (κ2) is 6.92. The second-order valence-electron chi connectivity index (χ2n) is 5.37. The van der Waals surface area contributed by atoms with Crippen molar-refractivity contribution >= 4 is 41.4 Å². The zero-order chi connectivity index (χ0) is 15.5. The highest BCUT2D eigenvalue weighted by atomic mass is 32.2. The standard InChI is InChI=1S/C17H18O3S2/c1-20-15(19)10-14(18)16(17-21-8-9-22-17)13-7-6-11-4-2-3-5-12(11)13/h2-7,13,16-17H,8-10H2,1H3. The van der Waals surface area contributed by atoms with Crippen molar-refractivity contribution < 1.29 is 14.3 Å². The highest BCUT2D eigenvalue weighted by Gasteiger charge is 2.39. The Morgan fingerprint density at radius 3 is 2.73 bits per heavy atom. The van der Waals surface area contributed by atoms with Crippen LogP contribution in [0.2, 0.25) is 0 Å². The van der Waals surface area contributed by atoms with Crippen LogP contribution in [0.25, 0.3) is 6.08 Å². The molecule has 1 aliphatic heterocycles. The predicted molar refractivity (Wildman–Crippen MR) is 92.1 cm³/mol. The number of ether oxygens (including phenoxy) is 1. The number of carbonyl (C=O) groups is 2. The SMILES string of the molecule is COC(=O)CC(=O)C(C1SCCS1)C1C=Cc2ccccc21. The van der Waals surface area contributed by atoms with E-state index in [1.165, 1.54) is 18.2 Å². The number of fused-ring (bicyclic) bond motifs is 1. The first-order valence-electron chi connectivity index (χ1n) is 7.30. The van der Waals surface area contributed by atoms with Crippen LogP contribution in [0.3, 0.4) is 0 Å². The molecule has 1 aliphatic carbocycles. The van der Waals surface area contributed by atoms with E-state index in [9.17, 15) is 9.59 Å². The van der Waals surface area contributed by atoms with Gasteiger partial charge in [-0.05, 0) is 11.1 Å². The number of thioether (sulfide) groups is 2. The number of Topliss-reactive ketones (excluding diaryl/α,β-unsaturated/α-hetero) is 1. The van der Waals surface area contributed by atoms with E-state index in [0.717, 1.165) is 11.5 Å². The smallest absolute Gasteiger partial charge is 0.313 e. The van der Waals surface area contributed by atoms with Gasteiger partial charge in [0.1, 0.15) is 12.2 Å².